The van der Waals surface area contributed by atoms with Gasteiger partial charge in [-0.2, -0.15) is 13.2 Å². The highest BCUT2D eigenvalue weighted by Crippen LogP contribution is 2.31. The van der Waals surface area contributed by atoms with Crippen molar-refractivity contribution < 1.29 is 13.2 Å². The molecule has 1 aromatic heterocycles. The van der Waals surface area contributed by atoms with E-state index in [-0.39, 0.29) is 0 Å². The second kappa shape index (κ2) is 9.10. The number of hydrogen-bond acceptors (Lipinski definition) is 3. The number of allylic oxidation sites excluding steroid dienone is 1. The Kier molecular flexibility index (Phi) is 6.57. The molecule has 146 valence electrons. The van der Waals surface area contributed by atoms with E-state index in [0.717, 1.165) is 24.7 Å². The van der Waals surface area contributed by atoms with Crippen LogP contribution >= 0.6 is 11.8 Å². The van der Waals surface area contributed by atoms with Crippen molar-refractivity contribution in [3.05, 3.63) is 89.8 Å². The summed E-state index contributed by atoms with van der Waals surface area (Å²) in [5.74, 6) is 1.23. The van der Waals surface area contributed by atoms with Gasteiger partial charge in [-0.25, -0.2) is 0 Å². The molecule has 0 N–H and O–H groups in total. The Morgan fingerprint density at radius 1 is 0.964 bits per heavy atom. The van der Waals surface area contributed by atoms with Crippen molar-refractivity contribution in [2.45, 2.75) is 36.5 Å². The second-order valence-corrected chi connectivity index (χ2v) is 7.21. The summed E-state index contributed by atoms with van der Waals surface area (Å²) in [6, 6.07) is 15.5. The fourth-order valence-electron chi connectivity index (χ4n) is 2.81. The zero-order valence-electron chi connectivity index (χ0n) is 15.2. The summed E-state index contributed by atoms with van der Waals surface area (Å²) < 4.78 is 40.6. The van der Waals surface area contributed by atoms with E-state index in [4.69, 9.17) is 0 Å². The van der Waals surface area contributed by atoms with Gasteiger partial charge in [0.2, 0.25) is 0 Å². The Morgan fingerprint density at radius 2 is 1.71 bits per heavy atom. The standard InChI is InChI=1S/C21H20F3N3S/c1-2-13-27-19(12-11-16-7-4-3-5-8-16)25-26-20(27)28-15-17-9-6-10-18(14-17)21(22,23)24/h2-10,14H,1,11-13,15H2. The number of aryl methyl sites for hydroxylation is 2. The van der Waals surface area contributed by atoms with Crippen molar-refractivity contribution in [2.24, 2.45) is 0 Å². The number of thioether (sulfide) groups is 1. The van der Waals surface area contributed by atoms with Gasteiger partial charge < -0.3 is 4.57 Å². The molecule has 0 aliphatic rings. The maximum Gasteiger partial charge on any atom is 0.416 e. The van der Waals surface area contributed by atoms with E-state index in [0.29, 0.717) is 23.0 Å². The molecular formula is C21H20F3N3S. The molecule has 0 unspecified atom stereocenters. The van der Waals surface area contributed by atoms with Crippen LogP contribution < -0.4 is 0 Å². The monoisotopic (exact) mass is 403 g/mol. The van der Waals surface area contributed by atoms with E-state index in [1.165, 1.54) is 29.5 Å². The third-order valence-electron chi connectivity index (χ3n) is 4.21. The van der Waals surface area contributed by atoms with Crippen LogP contribution in [0.15, 0.2) is 72.4 Å². The molecule has 0 bridgehead atoms. The first-order valence-corrected chi connectivity index (χ1v) is 9.82. The number of rotatable bonds is 8. The summed E-state index contributed by atoms with van der Waals surface area (Å²) in [6.45, 7) is 4.34. The van der Waals surface area contributed by atoms with Crippen molar-refractivity contribution in [1.82, 2.24) is 14.8 Å². The molecule has 3 nitrogen and oxygen atoms in total. The largest absolute Gasteiger partial charge is 0.416 e. The lowest BCUT2D eigenvalue weighted by molar-refractivity contribution is -0.137. The van der Waals surface area contributed by atoms with E-state index in [2.05, 4.69) is 28.9 Å². The van der Waals surface area contributed by atoms with Crippen LogP contribution in [0.3, 0.4) is 0 Å². The molecule has 0 aliphatic carbocycles. The molecule has 2 aromatic carbocycles. The van der Waals surface area contributed by atoms with Crippen molar-refractivity contribution in [2.75, 3.05) is 0 Å². The van der Waals surface area contributed by atoms with E-state index < -0.39 is 11.7 Å². The van der Waals surface area contributed by atoms with Crippen LogP contribution in [0.2, 0.25) is 0 Å². The lowest BCUT2D eigenvalue weighted by atomic mass is 10.1. The van der Waals surface area contributed by atoms with Crippen LogP contribution in [0, 0.1) is 0 Å². The molecule has 3 rings (SSSR count). The number of aromatic nitrogens is 3. The van der Waals surface area contributed by atoms with Gasteiger partial charge >= 0.3 is 6.18 Å². The predicted molar refractivity (Wildman–Crippen MR) is 105 cm³/mol. The van der Waals surface area contributed by atoms with Crippen LogP contribution in [0.1, 0.15) is 22.5 Å². The summed E-state index contributed by atoms with van der Waals surface area (Å²) in [5, 5.41) is 9.20. The fourth-order valence-corrected chi connectivity index (χ4v) is 3.72. The highest BCUT2D eigenvalue weighted by Gasteiger charge is 2.30. The lowest BCUT2D eigenvalue weighted by Gasteiger charge is -2.10. The van der Waals surface area contributed by atoms with Crippen molar-refractivity contribution >= 4 is 11.8 Å². The van der Waals surface area contributed by atoms with Crippen molar-refractivity contribution in [1.29, 1.82) is 0 Å². The Hall–Kier alpha value is -2.54. The predicted octanol–water partition coefficient (Wildman–Crippen LogP) is 5.56. The SMILES string of the molecule is C=CCn1c(CCc2ccccc2)nnc1SCc1cccc(C(F)(F)F)c1. The normalized spacial score (nSPS) is 11.5. The average Bonchev–Trinajstić information content (AvgIpc) is 3.07. The van der Waals surface area contributed by atoms with Gasteiger partial charge in [0, 0.05) is 18.7 Å². The van der Waals surface area contributed by atoms with E-state index in [1.54, 1.807) is 12.1 Å². The summed E-state index contributed by atoms with van der Waals surface area (Å²) in [4.78, 5) is 0. The van der Waals surface area contributed by atoms with Gasteiger partial charge in [-0.3, -0.25) is 0 Å². The maximum atomic E-state index is 12.9. The first kappa shape index (κ1) is 20.2. The first-order valence-electron chi connectivity index (χ1n) is 8.83. The van der Waals surface area contributed by atoms with Crippen LogP contribution in [0.25, 0.3) is 0 Å². The highest BCUT2D eigenvalue weighted by molar-refractivity contribution is 7.98. The number of halogens is 3. The highest BCUT2D eigenvalue weighted by atomic mass is 32.2. The molecule has 0 saturated heterocycles. The molecule has 0 atom stereocenters. The minimum atomic E-state index is -4.34. The van der Waals surface area contributed by atoms with E-state index in [9.17, 15) is 13.2 Å². The molecule has 0 amide bonds. The summed E-state index contributed by atoms with van der Waals surface area (Å²) in [6.07, 6.45) is -0.999. The van der Waals surface area contributed by atoms with Gasteiger partial charge in [-0.05, 0) is 23.6 Å². The Balaban J connectivity index is 1.70. The Labute approximate surface area is 166 Å². The number of nitrogens with zero attached hydrogens (tertiary/aromatic N) is 3. The number of benzene rings is 2. The zero-order chi connectivity index (χ0) is 20.0. The number of alkyl halides is 3. The smallest absolute Gasteiger partial charge is 0.302 e. The topological polar surface area (TPSA) is 30.7 Å². The molecule has 28 heavy (non-hydrogen) atoms. The average molecular weight is 403 g/mol. The van der Waals surface area contributed by atoms with Gasteiger partial charge in [-0.1, -0.05) is 66.4 Å². The van der Waals surface area contributed by atoms with Crippen LogP contribution in [-0.2, 0) is 31.3 Å². The lowest BCUT2D eigenvalue weighted by Crippen LogP contribution is -2.06. The third kappa shape index (κ3) is 5.25. The first-order chi connectivity index (χ1) is 13.5. The van der Waals surface area contributed by atoms with Gasteiger partial charge in [0.05, 0.1) is 5.56 Å². The fraction of sp³-hybridized carbons (Fsp3) is 0.238. The summed E-state index contributed by atoms with van der Waals surface area (Å²) in [7, 11) is 0. The summed E-state index contributed by atoms with van der Waals surface area (Å²) in [5.41, 5.74) is 1.18. The van der Waals surface area contributed by atoms with Gasteiger partial charge in [-0.15, -0.1) is 16.8 Å². The molecule has 1 heterocycles. The van der Waals surface area contributed by atoms with Crippen LogP contribution in [0.4, 0.5) is 13.2 Å². The molecule has 0 aliphatic heterocycles. The molecule has 0 radical (unpaired) electrons. The minimum absolute atomic E-state index is 0.387. The van der Waals surface area contributed by atoms with E-state index in [1.807, 2.05) is 22.8 Å². The van der Waals surface area contributed by atoms with E-state index >= 15 is 0 Å². The zero-order valence-corrected chi connectivity index (χ0v) is 16.0. The van der Waals surface area contributed by atoms with Gasteiger partial charge in [0.15, 0.2) is 5.16 Å². The molecule has 3 aromatic rings. The maximum absolute atomic E-state index is 12.9. The van der Waals surface area contributed by atoms with Gasteiger partial charge in [0.25, 0.3) is 0 Å². The van der Waals surface area contributed by atoms with Crippen molar-refractivity contribution in [3.63, 3.8) is 0 Å². The van der Waals surface area contributed by atoms with Crippen molar-refractivity contribution in [3.8, 4) is 0 Å². The number of hydrogen-bond donors (Lipinski definition) is 0. The molecule has 0 saturated carbocycles. The van der Waals surface area contributed by atoms with Crippen LogP contribution in [-0.4, -0.2) is 14.8 Å². The quantitative estimate of drug-likeness (QED) is 0.364. The molecule has 7 heteroatoms. The Morgan fingerprint density at radius 3 is 2.43 bits per heavy atom. The molecule has 0 spiro atoms. The van der Waals surface area contributed by atoms with Crippen LogP contribution in [0.5, 0.6) is 0 Å². The minimum Gasteiger partial charge on any atom is -0.302 e. The second-order valence-electron chi connectivity index (χ2n) is 6.27. The van der Waals surface area contributed by atoms with Gasteiger partial charge in [0.1, 0.15) is 5.82 Å². The third-order valence-corrected chi connectivity index (χ3v) is 5.25. The molecular weight excluding hydrogens is 383 g/mol. The molecule has 0 fully saturated rings. The summed E-state index contributed by atoms with van der Waals surface area (Å²) >= 11 is 1.38. The Bertz CT molecular complexity index is 920.